The highest BCUT2D eigenvalue weighted by molar-refractivity contribution is 5.94. The van der Waals surface area contributed by atoms with Gasteiger partial charge in [-0.15, -0.1) is 0 Å². The molecule has 0 saturated carbocycles. The number of carbonyl (C=O) groups is 2. The van der Waals surface area contributed by atoms with Gasteiger partial charge in [0.1, 0.15) is 0 Å². The summed E-state index contributed by atoms with van der Waals surface area (Å²) in [6, 6.07) is 2.86. The van der Waals surface area contributed by atoms with Crippen molar-refractivity contribution in [3.63, 3.8) is 0 Å². The van der Waals surface area contributed by atoms with E-state index < -0.39 is 17.5 Å². The molecule has 2 heterocycles. The summed E-state index contributed by atoms with van der Waals surface area (Å²) >= 11 is 0. The Morgan fingerprint density at radius 3 is 2.54 bits per heavy atom. The van der Waals surface area contributed by atoms with Crippen LogP contribution in [0.3, 0.4) is 0 Å². The summed E-state index contributed by atoms with van der Waals surface area (Å²) in [6.45, 7) is 4.20. The lowest BCUT2D eigenvalue weighted by Gasteiger charge is -2.30. The minimum Gasteiger partial charge on any atom is -0.378 e. The lowest BCUT2D eigenvalue weighted by Crippen LogP contribution is -2.45. The molecule has 2 saturated heterocycles. The summed E-state index contributed by atoms with van der Waals surface area (Å²) in [6.07, 6.45) is 2.14. The molecule has 0 bridgehead atoms. The van der Waals surface area contributed by atoms with Crippen LogP contribution in [0, 0.1) is 18.6 Å². The van der Waals surface area contributed by atoms with Crippen molar-refractivity contribution in [1.82, 2.24) is 15.1 Å². The number of benzene rings is 1. The first kappa shape index (κ1) is 20.7. The largest absolute Gasteiger partial charge is 0.378 e. The van der Waals surface area contributed by atoms with Gasteiger partial charge in [0.15, 0.2) is 11.6 Å². The number of ether oxygens (including phenoxy) is 1. The predicted octanol–water partition coefficient (Wildman–Crippen LogP) is 1.71. The van der Waals surface area contributed by atoms with E-state index in [1.54, 1.807) is 0 Å². The van der Waals surface area contributed by atoms with E-state index in [0.717, 1.165) is 12.8 Å². The van der Waals surface area contributed by atoms with Crippen LogP contribution in [0.15, 0.2) is 12.1 Å². The molecule has 28 heavy (non-hydrogen) atoms. The van der Waals surface area contributed by atoms with Crippen LogP contribution in [0.25, 0.3) is 0 Å². The molecule has 1 N–H and O–H groups in total. The Morgan fingerprint density at radius 2 is 1.82 bits per heavy atom. The van der Waals surface area contributed by atoms with Gasteiger partial charge in [-0.25, -0.2) is 8.78 Å². The van der Waals surface area contributed by atoms with Gasteiger partial charge in [0.2, 0.25) is 5.91 Å². The fourth-order valence-electron chi connectivity index (χ4n) is 3.85. The van der Waals surface area contributed by atoms with E-state index in [1.165, 1.54) is 19.1 Å². The Hall–Kier alpha value is -2.06. The van der Waals surface area contributed by atoms with Crippen molar-refractivity contribution in [2.75, 3.05) is 39.9 Å². The van der Waals surface area contributed by atoms with Crippen molar-refractivity contribution >= 4 is 11.8 Å². The molecule has 0 radical (unpaired) electrons. The molecular weight excluding hydrogens is 368 g/mol. The molecule has 0 aromatic heterocycles. The number of rotatable bonds is 5. The van der Waals surface area contributed by atoms with Gasteiger partial charge in [-0.1, -0.05) is 6.07 Å². The third-order valence-electron chi connectivity index (χ3n) is 5.78. The summed E-state index contributed by atoms with van der Waals surface area (Å²) in [4.78, 5) is 28.6. The van der Waals surface area contributed by atoms with E-state index in [9.17, 15) is 18.4 Å². The Morgan fingerprint density at radius 1 is 1.14 bits per heavy atom. The van der Waals surface area contributed by atoms with Gasteiger partial charge in [0, 0.05) is 38.1 Å². The number of nitrogens with one attached hydrogen (secondary N) is 1. The van der Waals surface area contributed by atoms with Crippen molar-refractivity contribution in [3.8, 4) is 0 Å². The zero-order valence-corrected chi connectivity index (χ0v) is 16.3. The fourth-order valence-corrected chi connectivity index (χ4v) is 3.85. The summed E-state index contributed by atoms with van der Waals surface area (Å²) in [5.74, 6) is -2.61. The number of hydrogen-bond acceptors (Lipinski definition) is 4. The van der Waals surface area contributed by atoms with Crippen LogP contribution in [0.1, 0.15) is 35.2 Å². The Bertz CT molecular complexity index is 738. The molecule has 0 spiro atoms. The number of likely N-dealkylation sites (tertiary alicyclic amines) is 1. The second kappa shape index (κ2) is 8.96. The van der Waals surface area contributed by atoms with Crippen LogP contribution in [-0.4, -0.2) is 73.6 Å². The molecule has 2 atom stereocenters. The molecule has 2 fully saturated rings. The SMILES string of the molecule is Cc1ccc(C(=O)NC[C@@H]2CC[C@H](CC(=O)N3CCOCC3)N2C)c(F)c1F. The standard InChI is InChI=1S/C20H27F2N3O3/c1-13-3-6-16(19(22)18(13)21)20(27)23-12-15-5-4-14(24(15)2)11-17(26)25-7-9-28-10-8-25/h3,6,14-15H,4-5,7-12H2,1-2H3,(H,23,27)/t14-,15+/m1/s1. The third kappa shape index (κ3) is 4.50. The highest BCUT2D eigenvalue weighted by Crippen LogP contribution is 2.25. The molecule has 2 aliphatic rings. The monoisotopic (exact) mass is 395 g/mol. The van der Waals surface area contributed by atoms with Crippen molar-refractivity contribution in [1.29, 1.82) is 0 Å². The maximum absolute atomic E-state index is 14.0. The Balaban J connectivity index is 1.51. The first-order chi connectivity index (χ1) is 13.4. The predicted molar refractivity (Wildman–Crippen MR) is 100 cm³/mol. The van der Waals surface area contributed by atoms with E-state index in [2.05, 4.69) is 10.2 Å². The minimum atomic E-state index is -1.12. The lowest BCUT2D eigenvalue weighted by atomic mass is 10.1. The average molecular weight is 395 g/mol. The Kier molecular flexibility index (Phi) is 6.61. The molecule has 3 rings (SSSR count). The number of carbonyl (C=O) groups excluding carboxylic acids is 2. The van der Waals surface area contributed by atoms with Gasteiger partial charge in [-0.3, -0.25) is 14.5 Å². The first-order valence-electron chi connectivity index (χ1n) is 9.68. The van der Waals surface area contributed by atoms with Crippen molar-refractivity contribution in [2.45, 2.75) is 38.3 Å². The normalized spacial score (nSPS) is 23.1. The topological polar surface area (TPSA) is 61.9 Å². The summed E-state index contributed by atoms with van der Waals surface area (Å²) in [7, 11) is 1.94. The minimum absolute atomic E-state index is 0.0600. The number of nitrogens with zero attached hydrogens (tertiary/aromatic N) is 2. The molecule has 1 aromatic carbocycles. The quantitative estimate of drug-likeness (QED) is 0.825. The molecule has 0 unspecified atom stereocenters. The summed E-state index contributed by atoms with van der Waals surface area (Å²) in [5, 5.41) is 2.70. The maximum Gasteiger partial charge on any atom is 0.254 e. The number of morpholine rings is 1. The summed E-state index contributed by atoms with van der Waals surface area (Å²) in [5.41, 5.74) is -0.125. The van der Waals surface area contributed by atoms with E-state index in [4.69, 9.17) is 4.74 Å². The van der Waals surface area contributed by atoms with Gasteiger partial charge >= 0.3 is 0 Å². The third-order valence-corrected chi connectivity index (χ3v) is 5.78. The molecular formula is C20H27F2N3O3. The highest BCUT2D eigenvalue weighted by Gasteiger charge is 2.33. The van der Waals surface area contributed by atoms with Crippen LogP contribution in [-0.2, 0) is 9.53 Å². The molecule has 154 valence electrons. The zero-order chi connectivity index (χ0) is 20.3. The number of likely N-dealkylation sites (N-methyl/N-ethyl adjacent to an activating group) is 1. The maximum atomic E-state index is 14.0. The molecule has 6 nitrogen and oxygen atoms in total. The zero-order valence-electron chi connectivity index (χ0n) is 16.3. The van der Waals surface area contributed by atoms with E-state index in [1.807, 2.05) is 11.9 Å². The van der Waals surface area contributed by atoms with Gasteiger partial charge in [0.05, 0.1) is 18.8 Å². The van der Waals surface area contributed by atoms with Crippen molar-refractivity contribution < 1.29 is 23.1 Å². The van der Waals surface area contributed by atoms with Crippen LogP contribution in [0.4, 0.5) is 8.78 Å². The molecule has 0 aliphatic carbocycles. The molecule has 2 aliphatic heterocycles. The van der Waals surface area contributed by atoms with Crippen LogP contribution >= 0.6 is 0 Å². The van der Waals surface area contributed by atoms with E-state index >= 15 is 0 Å². The number of hydrogen-bond donors (Lipinski definition) is 1. The molecule has 8 heteroatoms. The van der Waals surface area contributed by atoms with Gasteiger partial charge in [0.25, 0.3) is 5.91 Å². The van der Waals surface area contributed by atoms with Gasteiger partial charge < -0.3 is 15.0 Å². The van der Waals surface area contributed by atoms with E-state index in [0.29, 0.717) is 39.3 Å². The number of aryl methyl sites for hydroxylation is 1. The summed E-state index contributed by atoms with van der Waals surface area (Å²) < 4.78 is 32.9. The lowest BCUT2D eigenvalue weighted by molar-refractivity contribution is -0.136. The van der Waals surface area contributed by atoms with Crippen LogP contribution < -0.4 is 5.32 Å². The van der Waals surface area contributed by atoms with E-state index in [-0.39, 0.29) is 29.1 Å². The fraction of sp³-hybridized carbons (Fsp3) is 0.600. The number of amides is 2. The second-order valence-electron chi connectivity index (χ2n) is 7.52. The van der Waals surface area contributed by atoms with Crippen molar-refractivity contribution in [2.24, 2.45) is 0 Å². The first-order valence-corrected chi connectivity index (χ1v) is 9.68. The van der Waals surface area contributed by atoms with Crippen molar-refractivity contribution in [3.05, 3.63) is 34.9 Å². The van der Waals surface area contributed by atoms with Gasteiger partial charge in [-0.2, -0.15) is 0 Å². The van der Waals surface area contributed by atoms with Crippen LogP contribution in [0.5, 0.6) is 0 Å². The average Bonchev–Trinajstić information content (AvgIpc) is 3.04. The second-order valence-corrected chi connectivity index (χ2v) is 7.52. The Labute approximate surface area is 163 Å². The van der Waals surface area contributed by atoms with Crippen LogP contribution in [0.2, 0.25) is 0 Å². The smallest absolute Gasteiger partial charge is 0.254 e. The van der Waals surface area contributed by atoms with Gasteiger partial charge in [-0.05, 0) is 38.4 Å². The highest BCUT2D eigenvalue weighted by atomic mass is 19.2. The number of halogens is 2. The molecule has 2 amide bonds. The molecule has 1 aromatic rings.